The number of carbonyl (C=O) groups is 1. The van der Waals surface area contributed by atoms with Crippen LogP contribution in [-0.2, 0) is 6.54 Å². The fourth-order valence-corrected chi connectivity index (χ4v) is 0.912. The van der Waals surface area contributed by atoms with Gasteiger partial charge in [-0.15, -0.1) is 0 Å². The highest BCUT2D eigenvalue weighted by atomic mass is 16.2. The summed E-state index contributed by atoms with van der Waals surface area (Å²) in [7, 11) is 0. The topological polar surface area (TPSA) is 66.9 Å². The predicted molar refractivity (Wildman–Crippen MR) is 52.5 cm³/mol. The van der Waals surface area contributed by atoms with Gasteiger partial charge in [-0.25, -0.2) is 4.79 Å². The van der Waals surface area contributed by atoms with Crippen LogP contribution in [-0.4, -0.2) is 22.3 Å². The number of nitrogens with zero attached hydrogens (tertiary/aromatic N) is 2. The minimum Gasteiger partial charge on any atom is -0.336 e. The molecule has 76 valence electrons. The zero-order chi connectivity index (χ0) is 10.4. The number of carbonyl (C=O) groups excluding carboxylic acids is 1. The molecule has 0 saturated carbocycles. The number of amides is 2. The number of rotatable bonds is 3. The third kappa shape index (κ3) is 3.84. The summed E-state index contributed by atoms with van der Waals surface area (Å²) < 4.78 is 0. The molecule has 0 aliphatic carbocycles. The predicted octanol–water partition coefficient (Wildman–Crippen LogP) is 0.684. The second-order valence-corrected chi connectivity index (χ2v) is 3.20. The Balaban J connectivity index is 2.31. The van der Waals surface area contributed by atoms with E-state index in [9.17, 15) is 4.79 Å². The molecule has 1 heterocycles. The highest BCUT2D eigenvalue weighted by Gasteiger charge is 2.01. The first-order chi connectivity index (χ1) is 6.68. The van der Waals surface area contributed by atoms with Crippen LogP contribution >= 0.6 is 0 Å². The van der Waals surface area contributed by atoms with Crippen molar-refractivity contribution in [3.8, 4) is 0 Å². The quantitative estimate of drug-likeness (QED) is 0.743. The van der Waals surface area contributed by atoms with Crippen molar-refractivity contribution < 1.29 is 4.79 Å². The van der Waals surface area contributed by atoms with Gasteiger partial charge in [0, 0.05) is 12.2 Å². The summed E-state index contributed by atoms with van der Waals surface area (Å²) in [6.07, 6.45) is 1.59. The maximum absolute atomic E-state index is 11.2. The summed E-state index contributed by atoms with van der Waals surface area (Å²) in [5.74, 6) is 0. The Morgan fingerprint density at radius 1 is 1.57 bits per heavy atom. The zero-order valence-electron chi connectivity index (χ0n) is 8.32. The molecule has 14 heavy (non-hydrogen) atoms. The highest BCUT2D eigenvalue weighted by Crippen LogP contribution is 1.89. The van der Waals surface area contributed by atoms with Gasteiger partial charge in [0.25, 0.3) is 0 Å². The summed E-state index contributed by atoms with van der Waals surface area (Å²) in [6, 6.07) is 3.54. The first-order valence-corrected chi connectivity index (χ1v) is 4.49. The van der Waals surface area contributed by atoms with Crippen molar-refractivity contribution in [3.05, 3.63) is 24.0 Å². The molecule has 2 N–H and O–H groups in total. The Labute approximate surface area is 82.9 Å². The van der Waals surface area contributed by atoms with Crippen molar-refractivity contribution in [2.45, 2.75) is 26.4 Å². The van der Waals surface area contributed by atoms with Crippen LogP contribution in [0.1, 0.15) is 19.5 Å². The Bertz CT molecular complexity index is 286. The van der Waals surface area contributed by atoms with E-state index in [1.807, 2.05) is 19.9 Å². The summed E-state index contributed by atoms with van der Waals surface area (Å²) >= 11 is 0. The van der Waals surface area contributed by atoms with Gasteiger partial charge in [-0.05, 0) is 26.0 Å². The van der Waals surface area contributed by atoms with E-state index in [1.54, 1.807) is 12.3 Å². The number of urea groups is 1. The first-order valence-electron chi connectivity index (χ1n) is 4.49. The maximum atomic E-state index is 11.2. The normalized spacial score (nSPS) is 9.93. The van der Waals surface area contributed by atoms with Crippen LogP contribution in [0.3, 0.4) is 0 Å². The molecule has 1 aromatic heterocycles. The van der Waals surface area contributed by atoms with E-state index in [4.69, 9.17) is 0 Å². The molecule has 0 atom stereocenters. The molecule has 0 aromatic carbocycles. The molecule has 0 saturated heterocycles. The van der Waals surface area contributed by atoms with Gasteiger partial charge < -0.3 is 10.6 Å². The lowest BCUT2D eigenvalue weighted by molar-refractivity contribution is 0.238. The van der Waals surface area contributed by atoms with Crippen molar-refractivity contribution in [2.24, 2.45) is 0 Å². The monoisotopic (exact) mass is 194 g/mol. The van der Waals surface area contributed by atoms with Gasteiger partial charge in [0.15, 0.2) is 0 Å². The van der Waals surface area contributed by atoms with Crippen LogP contribution in [0.25, 0.3) is 0 Å². The molecule has 1 rings (SSSR count). The van der Waals surface area contributed by atoms with Crippen LogP contribution < -0.4 is 10.6 Å². The van der Waals surface area contributed by atoms with E-state index in [0.29, 0.717) is 6.54 Å². The summed E-state index contributed by atoms with van der Waals surface area (Å²) in [6.45, 7) is 4.20. The number of nitrogens with one attached hydrogen (secondary N) is 2. The molecule has 1 aromatic rings. The largest absolute Gasteiger partial charge is 0.336 e. The number of aromatic nitrogens is 2. The molecule has 0 spiro atoms. The molecule has 2 amide bonds. The van der Waals surface area contributed by atoms with E-state index in [1.165, 1.54) is 0 Å². The standard InChI is InChI=1S/C9H14N4O/c1-7(2)12-9(14)10-6-8-4-3-5-11-13-8/h3-5,7H,6H2,1-2H3,(H2,10,12,14). The average Bonchev–Trinajstić information content (AvgIpc) is 2.15. The van der Waals surface area contributed by atoms with Crippen LogP contribution in [0.4, 0.5) is 4.79 Å². The molecule has 5 heteroatoms. The second-order valence-electron chi connectivity index (χ2n) is 3.20. The molecular formula is C9H14N4O. The number of hydrogen-bond donors (Lipinski definition) is 2. The lowest BCUT2D eigenvalue weighted by Gasteiger charge is -2.09. The lowest BCUT2D eigenvalue weighted by Crippen LogP contribution is -2.39. The molecule has 0 aliphatic rings. The van der Waals surface area contributed by atoms with E-state index in [-0.39, 0.29) is 12.1 Å². The molecular weight excluding hydrogens is 180 g/mol. The molecule has 0 fully saturated rings. The Hall–Kier alpha value is -1.65. The second kappa shape index (κ2) is 5.16. The minimum absolute atomic E-state index is 0.136. The Morgan fingerprint density at radius 3 is 2.93 bits per heavy atom. The maximum Gasteiger partial charge on any atom is 0.315 e. The molecule has 0 bridgehead atoms. The van der Waals surface area contributed by atoms with Gasteiger partial charge in [-0.2, -0.15) is 10.2 Å². The van der Waals surface area contributed by atoms with E-state index < -0.39 is 0 Å². The molecule has 0 aliphatic heterocycles. The van der Waals surface area contributed by atoms with Crippen LogP contribution in [0, 0.1) is 0 Å². The van der Waals surface area contributed by atoms with Gasteiger partial charge in [-0.3, -0.25) is 0 Å². The fourth-order valence-electron chi connectivity index (χ4n) is 0.912. The SMILES string of the molecule is CC(C)NC(=O)NCc1cccnn1. The van der Waals surface area contributed by atoms with Gasteiger partial charge in [0.2, 0.25) is 0 Å². The first kappa shape index (κ1) is 10.4. The number of hydrogen-bond acceptors (Lipinski definition) is 3. The van der Waals surface area contributed by atoms with Crippen LogP contribution in [0.2, 0.25) is 0 Å². The van der Waals surface area contributed by atoms with Gasteiger partial charge in [0.05, 0.1) is 12.2 Å². The zero-order valence-corrected chi connectivity index (χ0v) is 8.32. The van der Waals surface area contributed by atoms with Crippen molar-refractivity contribution >= 4 is 6.03 Å². The molecule has 5 nitrogen and oxygen atoms in total. The van der Waals surface area contributed by atoms with Crippen molar-refractivity contribution in [1.29, 1.82) is 0 Å². The summed E-state index contributed by atoms with van der Waals surface area (Å²) in [4.78, 5) is 11.2. The third-order valence-corrected chi connectivity index (χ3v) is 1.48. The van der Waals surface area contributed by atoms with Crippen molar-refractivity contribution in [3.63, 3.8) is 0 Å². The summed E-state index contributed by atoms with van der Waals surface area (Å²) in [5.41, 5.74) is 0.742. The average molecular weight is 194 g/mol. The van der Waals surface area contributed by atoms with Crippen molar-refractivity contribution in [1.82, 2.24) is 20.8 Å². The van der Waals surface area contributed by atoms with Gasteiger partial charge in [-0.1, -0.05) is 0 Å². The van der Waals surface area contributed by atoms with E-state index in [2.05, 4.69) is 20.8 Å². The Morgan fingerprint density at radius 2 is 2.36 bits per heavy atom. The smallest absolute Gasteiger partial charge is 0.315 e. The lowest BCUT2D eigenvalue weighted by atomic mass is 10.4. The van der Waals surface area contributed by atoms with Crippen LogP contribution in [0.15, 0.2) is 18.3 Å². The summed E-state index contributed by atoms with van der Waals surface area (Å²) in [5, 5.41) is 12.9. The van der Waals surface area contributed by atoms with Crippen molar-refractivity contribution in [2.75, 3.05) is 0 Å². The molecule has 0 radical (unpaired) electrons. The van der Waals surface area contributed by atoms with Crippen LogP contribution in [0.5, 0.6) is 0 Å². The molecule has 0 unspecified atom stereocenters. The van der Waals surface area contributed by atoms with E-state index in [0.717, 1.165) is 5.69 Å². The van der Waals surface area contributed by atoms with Gasteiger partial charge in [0.1, 0.15) is 0 Å². The fraction of sp³-hybridized carbons (Fsp3) is 0.444. The minimum atomic E-state index is -0.189. The van der Waals surface area contributed by atoms with Gasteiger partial charge >= 0.3 is 6.03 Å². The van der Waals surface area contributed by atoms with E-state index >= 15 is 0 Å². The highest BCUT2D eigenvalue weighted by molar-refractivity contribution is 5.73. The Kier molecular flexibility index (Phi) is 3.84. The third-order valence-electron chi connectivity index (χ3n) is 1.48.